The van der Waals surface area contributed by atoms with Gasteiger partial charge in [0.25, 0.3) is 5.91 Å². The standard InChI is InChI=1S/C16H13F3N4OS/c1-9-7-11(14(24)21-15-22-20-8-25-15)10(2)23(9)13-6-4-3-5-12(13)16(17,18)19/h3-8H,1-2H3,(H,21,22,24). The molecule has 2 heterocycles. The first-order valence-electron chi connectivity index (χ1n) is 7.22. The van der Waals surface area contributed by atoms with Crippen molar-refractivity contribution in [3.05, 3.63) is 58.4 Å². The Morgan fingerprint density at radius 1 is 1.24 bits per heavy atom. The van der Waals surface area contributed by atoms with E-state index in [1.54, 1.807) is 19.9 Å². The molecule has 1 aromatic carbocycles. The van der Waals surface area contributed by atoms with Gasteiger partial charge in [0.15, 0.2) is 0 Å². The van der Waals surface area contributed by atoms with Crippen molar-refractivity contribution in [2.24, 2.45) is 0 Å². The summed E-state index contributed by atoms with van der Waals surface area (Å²) >= 11 is 1.16. The van der Waals surface area contributed by atoms with E-state index in [0.717, 1.165) is 17.4 Å². The second-order valence-electron chi connectivity index (χ2n) is 5.33. The fourth-order valence-corrected chi connectivity index (χ4v) is 3.10. The number of anilines is 1. The van der Waals surface area contributed by atoms with Crippen molar-refractivity contribution in [3.8, 4) is 5.69 Å². The molecule has 0 saturated heterocycles. The van der Waals surface area contributed by atoms with Crippen LogP contribution in [-0.2, 0) is 6.18 Å². The van der Waals surface area contributed by atoms with E-state index >= 15 is 0 Å². The predicted octanol–water partition coefficient (Wildman–Crippen LogP) is 4.22. The van der Waals surface area contributed by atoms with Gasteiger partial charge in [-0.05, 0) is 32.0 Å². The summed E-state index contributed by atoms with van der Waals surface area (Å²) in [6.45, 7) is 3.26. The van der Waals surface area contributed by atoms with Gasteiger partial charge in [0.2, 0.25) is 5.13 Å². The van der Waals surface area contributed by atoms with Crippen molar-refractivity contribution >= 4 is 22.4 Å². The van der Waals surface area contributed by atoms with Gasteiger partial charge in [-0.25, -0.2) is 0 Å². The monoisotopic (exact) mass is 366 g/mol. The van der Waals surface area contributed by atoms with E-state index in [9.17, 15) is 18.0 Å². The van der Waals surface area contributed by atoms with Gasteiger partial charge in [0.05, 0.1) is 16.8 Å². The molecule has 0 unspecified atom stereocenters. The summed E-state index contributed by atoms with van der Waals surface area (Å²) in [4.78, 5) is 12.4. The van der Waals surface area contributed by atoms with Crippen LogP contribution in [0.3, 0.4) is 0 Å². The fraction of sp³-hybridized carbons (Fsp3) is 0.188. The van der Waals surface area contributed by atoms with Crippen LogP contribution in [0.4, 0.5) is 18.3 Å². The van der Waals surface area contributed by atoms with Gasteiger partial charge in [-0.1, -0.05) is 23.5 Å². The number of benzene rings is 1. The SMILES string of the molecule is Cc1cc(C(=O)Nc2nncs2)c(C)n1-c1ccccc1C(F)(F)F. The van der Waals surface area contributed by atoms with Gasteiger partial charge in [-0.15, -0.1) is 10.2 Å². The van der Waals surface area contributed by atoms with Gasteiger partial charge in [-0.3, -0.25) is 10.1 Å². The number of nitrogens with zero attached hydrogens (tertiary/aromatic N) is 3. The highest BCUT2D eigenvalue weighted by Gasteiger charge is 2.34. The number of amides is 1. The lowest BCUT2D eigenvalue weighted by Gasteiger charge is -2.16. The Morgan fingerprint density at radius 3 is 2.60 bits per heavy atom. The maximum atomic E-state index is 13.3. The van der Waals surface area contributed by atoms with E-state index in [4.69, 9.17) is 0 Å². The van der Waals surface area contributed by atoms with Crippen LogP contribution in [0.2, 0.25) is 0 Å². The van der Waals surface area contributed by atoms with Crippen LogP contribution in [0.15, 0.2) is 35.8 Å². The Hall–Kier alpha value is -2.68. The first-order chi connectivity index (χ1) is 11.8. The molecule has 0 atom stereocenters. The quantitative estimate of drug-likeness (QED) is 0.755. The third-order valence-electron chi connectivity index (χ3n) is 3.71. The van der Waals surface area contributed by atoms with Gasteiger partial charge in [-0.2, -0.15) is 13.2 Å². The number of nitrogens with one attached hydrogen (secondary N) is 1. The minimum Gasteiger partial charge on any atom is -0.317 e. The average Bonchev–Trinajstić information content (AvgIpc) is 3.14. The molecule has 0 fully saturated rings. The highest BCUT2D eigenvalue weighted by Crippen LogP contribution is 2.35. The largest absolute Gasteiger partial charge is 0.418 e. The molecule has 5 nitrogen and oxygen atoms in total. The molecule has 1 amide bonds. The minimum atomic E-state index is -4.49. The molecule has 2 aromatic heterocycles. The summed E-state index contributed by atoms with van der Waals surface area (Å²) in [5, 5.41) is 10.3. The zero-order valence-electron chi connectivity index (χ0n) is 13.3. The minimum absolute atomic E-state index is 0.0139. The molecular formula is C16H13F3N4OS. The number of aryl methyl sites for hydroxylation is 1. The molecule has 130 valence electrons. The Kier molecular flexibility index (Phi) is 4.34. The number of alkyl halides is 3. The van der Waals surface area contributed by atoms with E-state index in [0.29, 0.717) is 16.5 Å². The molecule has 0 aliphatic carbocycles. The third kappa shape index (κ3) is 3.27. The first kappa shape index (κ1) is 17.2. The molecule has 0 spiro atoms. The Morgan fingerprint density at radius 2 is 1.96 bits per heavy atom. The van der Waals surface area contributed by atoms with Crippen LogP contribution in [0.5, 0.6) is 0 Å². The Balaban J connectivity index is 2.06. The van der Waals surface area contributed by atoms with Crippen LogP contribution < -0.4 is 5.32 Å². The van der Waals surface area contributed by atoms with E-state index in [1.807, 2.05) is 0 Å². The van der Waals surface area contributed by atoms with Crippen molar-refractivity contribution < 1.29 is 18.0 Å². The highest BCUT2D eigenvalue weighted by molar-refractivity contribution is 7.13. The molecule has 3 rings (SSSR count). The normalized spacial score (nSPS) is 11.6. The zero-order chi connectivity index (χ0) is 18.2. The molecule has 1 N–H and O–H groups in total. The molecular weight excluding hydrogens is 353 g/mol. The van der Waals surface area contributed by atoms with Gasteiger partial charge in [0, 0.05) is 11.4 Å². The van der Waals surface area contributed by atoms with Crippen molar-refractivity contribution in [1.82, 2.24) is 14.8 Å². The molecule has 0 saturated carbocycles. The maximum absolute atomic E-state index is 13.3. The zero-order valence-corrected chi connectivity index (χ0v) is 14.1. The third-order valence-corrected chi connectivity index (χ3v) is 4.31. The Labute approximate surface area is 145 Å². The maximum Gasteiger partial charge on any atom is 0.418 e. The van der Waals surface area contributed by atoms with Crippen LogP contribution in [0.25, 0.3) is 5.69 Å². The number of carbonyl (C=O) groups is 1. The highest BCUT2D eigenvalue weighted by atomic mass is 32.1. The average molecular weight is 366 g/mol. The summed E-state index contributed by atoms with van der Waals surface area (Å²) in [6, 6.07) is 6.83. The van der Waals surface area contributed by atoms with Crippen LogP contribution in [0.1, 0.15) is 27.3 Å². The van der Waals surface area contributed by atoms with Crippen molar-refractivity contribution in [2.75, 3.05) is 5.32 Å². The summed E-state index contributed by atoms with van der Waals surface area (Å²) in [6.07, 6.45) is -4.49. The van der Waals surface area contributed by atoms with E-state index in [-0.39, 0.29) is 11.3 Å². The number of rotatable bonds is 3. The predicted molar refractivity (Wildman–Crippen MR) is 88.1 cm³/mol. The van der Waals surface area contributed by atoms with Gasteiger partial charge < -0.3 is 4.57 Å². The second-order valence-corrected chi connectivity index (χ2v) is 6.17. The first-order valence-corrected chi connectivity index (χ1v) is 8.10. The second kappa shape index (κ2) is 6.32. The summed E-state index contributed by atoms with van der Waals surface area (Å²) in [5.41, 5.74) is 1.92. The van der Waals surface area contributed by atoms with Crippen molar-refractivity contribution in [3.63, 3.8) is 0 Å². The van der Waals surface area contributed by atoms with Crippen LogP contribution in [0, 0.1) is 13.8 Å². The number of hydrogen-bond donors (Lipinski definition) is 1. The number of hydrogen-bond acceptors (Lipinski definition) is 4. The van der Waals surface area contributed by atoms with E-state index in [2.05, 4.69) is 15.5 Å². The lowest BCUT2D eigenvalue weighted by atomic mass is 10.1. The number of carbonyl (C=O) groups excluding carboxylic acids is 1. The molecule has 25 heavy (non-hydrogen) atoms. The van der Waals surface area contributed by atoms with Crippen LogP contribution >= 0.6 is 11.3 Å². The molecule has 9 heteroatoms. The lowest BCUT2D eigenvalue weighted by molar-refractivity contribution is -0.137. The van der Waals surface area contributed by atoms with E-state index in [1.165, 1.54) is 28.3 Å². The molecule has 0 bridgehead atoms. The molecule has 0 radical (unpaired) electrons. The number of aromatic nitrogens is 3. The number of para-hydroxylation sites is 1. The smallest absolute Gasteiger partial charge is 0.317 e. The lowest BCUT2D eigenvalue weighted by Crippen LogP contribution is -2.14. The summed E-state index contributed by atoms with van der Waals surface area (Å²) in [7, 11) is 0. The Bertz CT molecular complexity index is 916. The van der Waals surface area contributed by atoms with Crippen molar-refractivity contribution in [2.45, 2.75) is 20.0 Å². The molecule has 0 aliphatic rings. The molecule has 3 aromatic rings. The number of halogens is 3. The summed E-state index contributed by atoms with van der Waals surface area (Å²) < 4.78 is 41.4. The van der Waals surface area contributed by atoms with Gasteiger partial charge in [0.1, 0.15) is 5.51 Å². The van der Waals surface area contributed by atoms with E-state index < -0.39 is 17.6 Å². The fourth-order valence-electron chi connectivity index (χ4n) is 2.66. The van der Waals surface area contributed by atoms with Crippen molar-refractivity contribution in [1.29, 1.82) is 0 Å². The molecule has 0 aliphatic heterocycles. The topological polar surface area (TPSA) is 59.8 Å². The van der Waals surface area contributed by atoms with Crippen LogP contribution in [-0.4, -0.2) is 20.7 Å². The van der Waals surface area contributed by atoms with Gasteiger partial charge >= 0.3 is 6.18 Å². The summed E-state index contributed by atoms with van der Waals surface area (Å²) in [5.74, 6) is -0.444.